The molecule has 16 heavy (non-hydrogen) atoms. The third-order valence-corrected chi connectivity index (χ3v) is 2.65. The molecule has 0 aromatic heterocycles. The van der Waals surface area contributed by atoms with E-state index >= 15 is 0 Å². The van der Waals surface area contributed by atoms with E-state index in [1.165, 1.54) is 0 Å². The van der Waals surface area contributed by atoms with E-state index in [1.54, 1.807) is 24.3 Å². The van der Waals surface area contributed by atoms with Crippen LogP contribution >= 0.6 is 11.6 Å². The van der Waals surface area contributed by atoms with Gasteiger partial charge in [-0.25, -0.2) is 0 Å². The minimum Gasteiger partial charge on any atom is -0.325 e. The lowest BCUT2D eigenvalue weighted by atomic mass is 10.3. The maximum atomic E-state index is 11.6. The second-order valence-electron chi connectivity index (χ2n) is 4.06. The van der Waals surface area contributed by atoms with Crippen molar-refractivity contribution in [3.63, 3.8) is 0 Å². The minimum absolute atomic E-state index is 0.0153. The monoisotopic (exact) mass is 240 g/mol. The molecule has 1 aromatic carbocycles. The van der Waals surface area contributed by atoms with Crippen LogP contribution in [0.4, 0.5) is 5.69 Å². The highest BCUT2D eigenvalue weighted by atomic mass is 35.5. The fraction of sp³-hybridized carbons (Fsp3) is 0.417. The van der Waals surface area contributed by atoms with Crippen LogP contribution in [0.1, 0.15) is 13.8 Å². The van der Waals surface area contributed by atoms with Gasteiger partial charge >= 0.3 is 0 Å². The van der Waals surface area contributed by atoms with Crippen molar-refractivity contribution in [2.45, 2.75) is 19.9 Å². The first kappa shape index (κ1) is 13.0. The van der Waals surface area contributed by atoms with E-state index in [-0.39, 0.29) is 5.91 Å². The Bertz CT molecular complexity index is 349. The Labute approximate surface area is 101 Å². The molecule has 1 aromatic rings. The molecule has 88 valence electrons. The van der Waals surface area contributed by atoms with E-state index in [0.717, 1.165) is 5.69 Å². The summed E-state index contributed by atoms with van der Waals surface area (Å²) in [5, 5.41) is 3.48. The van der Waals surface area contributed by atoms with Gasteiger partial charge in [0.05, 0.1) is 6.54 Å². The third kappa shape index (κ3) is 4.21. The lowest BCUT2D eigenvalue weighted by Crippen LogP contribution is -2.34. The summed E-state index contributed by atoms with van der Waals surface area (Å²) in [7, 11) is 1.92. The Balaban J connectivity index is 2.48. The van der Waals surface area contributed by atoms with Crippen molar-refractivity contribution >= 4 is 23.2 Å². The summed E-state index contributed by atoms with van der Waals surface area (Å²) >= 11 is 5.75. The highest BCUT2D eigenvalue weighted by Gasteiger charge is 2.09. The van der Waals surface area contributed by atoms with Gasteiger partial charge in [-0.15, -0.1) is 0 Å². The van der Waals surface area contributed by atoms with Crippen LogP contribution in [-0.2, 0) is 4.79 Å². The van der Waals surface area contributed by atoms with Gasteiger partial charge in [-0.05, 0) is 45.2 Å². The maximum Gasteiger partial charge on any atom is 0.238 e. The van der Waals surface area contributed by atoms with Gasteiger partial charge in [-0.3, -0.25) is 9.69 Å². The molecule has 0 saturated carbocycles. The summed E-state index contributed by atoms with van der Waals surface area (Å²) in [5.41, 5.74) is 0.770. The lowest BCUT2D eigenvalue weighted by Gasteiger charge is -2.20. The number of rotatable bonds is 4. The summed E-state index contributed by atoms with van der Waals surface area (Å²) < 4.78 is 0. The Morgan fingerprint density at radius 2 is 1.94 bits per heavy atom. The number of benzene rings is 1. The zero-order valence-corrected chi connectivity index (χ0v) is 10.6. The van der Waals surface area contributed by atoms with Gasteiger partial charge in [0.2, 0.25) is 5.91 Å². The van der Waals surface area contributed by atoms with Crippen LogP contribution in [0, 0.1) is 0 Å². The summed E-state index contributed by atoms with van der Waals surface area (Å²) in [4.78, 5) is 13.6. The quantitative estimate of drug-likeness (QED) is 0.878. The molecule has 0 aliphatic heterocycles. The number of nitrogens with zero attached hydrogens (tertiary/aromatic N) is 1. The number of carbonyl (C=O) groups excluding carboxylic acids is 1. The molecule has 0 saturated heterocycles. The first-order valence-electron chi connectivity index (χ1n) is 5.24. The van der Waals surface area contributed by atoms with Crippen molar-refractivity contribution in [1.29, 1.82) is 0 Å². The number of likely N-dealkylation sites (N-methyl/N-ethyl adjacent to an activating group) is 1. The van der Waals surface area contributed by atoms with Crippen molar-refractivity contribution in [3.8, 4) is 0 Å². The van der Waals surface area contributed by atoms with Gasteiger partial charge in [0, 0.05) is 16.8 Å². The van der Waals surface area contributed by atoms with Crippen LogP contribution in [0.2, 0.25) is 5.02 Å². The molecular formula is C12H17ClN2O. The number of hydrogen-bond donors (Lipinski definition) is 1. The van der Waals surface area contributed by atoms with Gasteiger partial charge in [0.15, 0.2) is 0 Å². The topological polar surface area (TPSA) is 32.3 Å². The minimum atomic E-state index is -0.0153. The Morgan fingerprint density at radius 3 is 2.44 bits per heavy atom. The Hall–Kier alpha value is -1.06. The first-order chi connectivity index (χ1) is 7.49. The summed E-state index contributed by atoms with van der Waals surface area (Å²) in [5.74, 6) is -0.0153. The molecule has 0 spiro atoms. The molecule has 0 bridgehead atoms. The molecular weight excluding hydrogens is 224 g/mol. The number of halogens is 1. The smallest absolute Gasteiger partial charge is 0.238 e. The molecule has 0 aliphatic rings. The number of anilines is 1. The van der Waals surface area contributed by atoms with Gasteiger partial charge in [0.1, 0.15) is 0 Å². The zero-order valence-electron chi connectivity index (χ0n) is 9.83. The molecule has 4 heteroatoms. The fourth-order valence-electron chi connectivity index (χ4n) is 1.14. The molecule has 1 rings (SSSR count). The van der Waals surface area contributed by atoms with Crippen molar-refractivity contribution in [2.75, 3.05) is 18.9 Å². The molecule has 0 aliphatic carbocycles. The summed E-state index contributed by atoms with van der Waals surface area (Å²) in [6.45, 7) is 4.49. The highest BCUT2D eigenvalue weighted by Crippen LogP contribution is 2.13. The summed E-state index contributed by atoms with van der Waals surface area (Å²) in [6, 6.07) is 7.44. The molecule has 0 radical (unpaired) electrons. The zero-order chi connectivity index (χ0) is 12.1. The standard InChI is InChI=1S/C12H17ClN2O/c1-9(2)15(3)8-12(16)14-11-6-4-10(13)5-7-11/h4-7,9H,8H2,1-3H3,(H,14,16). The molecule has 1 N–H and O–H groups in total. The Kier molecular flexibility index (Phi) is 4.77. The molecule has 0 atom stereocenters. The Morgan fingerprint density at radius 1 is 1.38 bits per heavy atom. The second kappa shape index (κ2) is 5.87. The molecule has 0 heterocycles. The van der Waals surface area contributed by atoms with Crippen LogP contribution in [0.15, 0.2) is 24.3 Å². The number of nitrogens with one attached hydrogen (secondary N) is 1. The van der Waals surface area contributed by atoms with Gasteiger partial charge in [-0.2, -0.15) is 0 Å². The van der Waals surface area contributed by atoms with E-state index in [0.29, 0.717) is 17.6 Å². The largest absolute Gasteiger partial charge is 0.325 e. The van der Waals surface area contributed by atoms with Gasteiger partial charge in [0.25, 0.3) is 0 Å². The normalized spacial score (nSPS) is 10.9. The highest BCUT2D eigenvalue weighted by molar-refractivity contribution is 6.30. The average Bonchev–Trinajstić information content (AvgIpc) is 2.21. The molecule has 3 nitrogen and oxygen atoms in total. The van der Waals surface area contributed by atoms with Crippen molar-refractivity contribution in [2.24, 2.45) is 0 Å². The molecule has 0 fully saturated rings. The van der Waals surface area contributed by atoms with Crippen molar-refractivity contribution in [1.82, 2.24) is 4.90 Å². The van der Waals surface area contributed by atoms with E-state index in [1.807, 2.05) is 11.9 Å². The number of hydrogen-bond acceptors (Lipinski definition) is 2. The van der Waals surface area contributed by atoms with Crippen LogP contribution in [0.25, 0.3) is 0 Å². The van der Waals surface area contributed by atoms with Gasteiger partial charge < -0.3 is 5.32 Å². The number of amides is 1. The maximum absolute atomic E-state index is 11.6. The van der Waals surface area contributed by atoms with Crippen LogP contribution < -0.4 is 5.32 Å². The van der Waals surface area contributed by atoms with Crippen molar-refractivity contribution in [3.05, 3.63) is 29.3 Å². The van der Waals surface area contributed by atoms with E-state index in [9.17, 15) is 4.79 Å². The van der Waals surface area contributed by atoms with E-state index < -0.39 is 0 Å². The van der Waals surface area contributed by atoms with Crippen LogP contribution in [0.5, 0.6) is 0 Å². The first-order valence-corrected chi connectivity index (χ1v) is 5.62. The SMILES string of the molecule is CC(C)N(C)CC(=O)Nc1ccc(Cl)cc1. The van der Waals surface area contributed by atoms with Crippen LogP contribution in [0.3, 0.4) is 0 Å². The second-order valence-corrected chi connectivity index (χ2v) is 4.50. The predicted octanol–water partition coefficient (Wildman–Crippen LogP) is 2.62. The van der Waals surface area contributed by atoms with E-state index in [4.69, 9.17) is 11.6 Å². The lowest BCUT2D eigenvalue weighted by molar-refractivity contribution is -0.117. The third-order valence-electron chi connectivity index (χ3n) is 2.40. The molecule has 1 amide bonds. The predicted molar refractivity (Wildman–Crippen MR) is 67.8 cm³/mol. The van der Waals surface area contributed by atoms with Gasteiger partial charge in [-0.1, -0.05) is 11.6 Å². The molecule has 0 unspecified atom stereocenters. The number of carbonyl (C=O) groups is 1. The van der Waals surface area contributed by atoms with Crippen LogP contribution in [-0.4, -0.2) is 30.4 Å². The fourth-order valence-corrected chi connectivity index (χ4v) is 1.27. The van der Waals surface area contributed by atoms with Crippen molar-refractivity contribution < 1.29 is 4.79 Å². The summed E-state index contributed by atoms with van der Waals surface area (Å²) in [6.07, 6.45) is 0. The van der Waals surface area contributed by atoms with E-state index in [2.05, 4.69) is 19.2 Å². The average molecular weight is 241 g/mol.